The summed E-state index contributed by atoms with van der Waals surface area (Å²) in [6.45, 7) is 0.356. The number of aryl methyl sites for hydroxylation is 1. The normalized spacial score (nSPS) is 17.5. The first-order valence-electron chi connectivity index (χ1n) is 8.54. The smallest absolute Gasteiger partial charge is 0.229 e. The third-order valence-corrected chi connectivity index (χ3v) is 4.71. The number of hydrogen-bond acceptors (Lipinski definition) is 4. The van der Waals surface area contributed by atoms with Crippen LogP contribution in [-0.4, -0.2) is 33.1 Å². The fourth-order valence-corrected chi connectivity index (χ4v) is 3.31. The Hall–Kier alpha value is -3.22. The Morgan fingerprint density at radius 3 is 2.88 bits per heavy atom. The lowest BCUT2D eigenvalue weighted by molar-refractivity contribution is -0.124. The number of rotatable bonds is 3. The van der Waals surface area contributed by atoms with Gasteiger partial charge in [0.05, 0.1) is 29.7 Å². The van der Waals surface area contributed by atoms with Gasteiger partial charge in [-0.3, -0.25) is 19.3 Å². The lowest BCUT2D eigenvalue weighted by atomic mass is 9.96. The molecule has 1 aromatic carbocycles. The van der Waals surface area contributed by atoms with Crippen LogP contribution in [0.1, 0.15) is 12.8 Å². The molecule has 1 atom stereocenters. The molecule has 0 bridgehead atoms. The molecule has 3 heterocycles. The van der Waals surface area contributed by atoms with Crippen LogP contribution in [0.25, 0.3) is 10.8 Å². The Morgan fingerprint density at radius 1 is 1.23 bits per heavy atom. The van der Waals surface area contributed by atoms with Gasteiger partial charge in [-0.15, -0.1) is 0 Å². The number of pyridine rings is 1. The number of carbonyl (C=O) groups is 2. The number of anilines is 2. The molecule has 0 aliphatic carbocycles. The molecule has 7 nitrogen and oxygen atoms in total. The van der Waals surface area contributed by atoms with E-state index in [0.717, 1.165) is 16.5 Å². The monoisotopic (exact) mass is 349 g/mol. The summed E-state index contributed by atoms with van der Waals surface area (Å²) in [6.07, 6.45) is 7.75. The molecule has 132 valence electrons. The fraction of sp³-hybridized carbons (Fsp3) is 0.263. The summed E-state index contributed by atoms with van der Waals surface area (Å²) in [7, 11) is 1.80. The van der Waals surface area contributed by atoms with E-state index in [-0.39, 0.29) is 17.7 Å². The summed E-state index contributed by atoms with van der Waals surface area (Å²) in [5.74, 6) is -0.342. The number of amides is 2. The molecule has 2 aromatic heterocycles. The average Bonchev–Trinajstić information content (AvgIpc) is 3.08. The maximum absolute atomic E-state index is 12.8. The second-order valence-corrected chi connectivity index (χ2v) is 6.51. The van der Waals surface area contributed by atoms with Crippen LogP contribution in [0.2, 0.25) is 0 Å². The van der Waals surface area contributed by atoms with Crippen molar-refractivity contribution in [1.29, 1.82) is 0 Å². The van der Waals surface area contributed by atoms with E-state index >= 15 is 0 Å². The van der Waals surface area contributed by atoms with Crippen molar-refractivity contribution in [3.05, 3.63) is 49.1 Å². The van der Waals surface area contributed by atoms with E-state index in [4.69, 9.17) is 0 Å². The van der Waals surface area contributed by atoms with Crippen LogP contribution in [0.15, 0.2) is 49.1 Å². The van der Waals surface area contributed by atoms with E-state index in [1.807, 2.05) is 24.3 Å². The summed E-state index contributed by atoms with van der Waals surface area (Å²) < 4.78 is 1.65. The highest BCUT2D eigenvalue weighted by atomic mass is 16.2. The maximum Gasteiger partial charge on any atom is 0.229 e. The van der Waals surface area contributed by atoms with Gasteiger partial charge < -0.3 is 10.2 Å². The molecule has 1 saturated heterocycles. The number of hydrogen-bond donors (Lipinski definition) is 1. The van der Waals surface area contributed by atoms with Gasteiger partial charge in [0.15, 0.2) is 0 Å². The van der Waals surface area contributed by atoms with Gasteiger partial charge in [-0.1, -0.05) is 24.3 Å². The predicted molar refractivity (Wildman–Crippen MR) is 98.7 cm³/mol. The number of carbonyl (C=O) groups excluding carboxylic acids is 2. The Labute approximate surface area is 150 Å². The summed E-state index contributed by atoms with van der Waals surface area (Å²) in [5.41, 5.74) is 1.42. The molecule has 0 spiro atoms. The molecule has 1 N–H and O–H groups in total. The minimum Gasteiger partial charge on any atom is -0.324 e. The van der Waals surface area contributed by atoms with Gasteiger partial charge in [-0.2, -0.15) is 5.10 Å². The first kappa shape index (κ1) is 16.3. The summed E-state index contributed by atoms with van der Waals surface area (Å²) in [6, 6.07) is 7.79. The second-order valence-electron chi connectivity index (χ2n) is 6.51. The molecule has 0 saturated carbocycles. The highest BCUT2D eigenvalue weighted by Crippen LogP contribution is 2.26. The Kier molecular flexibility index (Phi) is 4.12. The van der Waals surface area contributed by atoms with Crippen LogP contribution in [0.3, 0.4) is 0 Å². The van der Waals surface area contributed by atoms with Crippen LogP contribution in [-0.2, 0) is 16.6 Å². The van der Waals surface area contributed by atoms with Gasteiger partial charge in [-0.25, -0.2) is 0 Å². The molecule has 2 amide bonds. The molecule has 4 rings (SSSR count). The predicted octanol–water partition coefficient (Wildman–Crippen LogP) is 2.35. The van der Waals surface area contributed by atoms with Crippen LogP contribution in [0, 0.1) is 5.92 Å². The van der Waals surface area contributed by atoms with Crippen molar-refractivity contribution in [2.75, 3.05) is 16.8 Å². The van der Waals surface area contributed by atoms with E-state index in [0.29, 0.717) is 25.1 Å². The van der Waals surface area contributed by atoms with E-state index < -0.39 is 0 Å². The topological polar surface area (TPSA) is 80.1 Å². The van der Waals surface area contributed by atoms with Gasteiger partial charge in [0.25, 0.3) is 0 Å². The SMILES string of the molecule is Cn1cc(N2CC(C(=O)Nc3cncc4ccccc34)CCC2=O)cn1. The molecule has 1 aliphatic heterocycles. The first-order valence-corrected chi connectivity index (χ1v) is 8.54. The van der Waals surface area contributed by atoms with Gasteiger partial charge in [0.1, 0.15) is 0 Å². The van der Waals surface area contributed by atoms with Crippen LogP contribution in [0.5, 0.6) is 0 Å². The summed E-state index contributed by atoms with van der Waals surface area (Å²) in [5, 5.41) is 9.02. The van der Waals surface area contributed by atoms with E-state index in [1.165, 1.54) is 0 Å². The fourth-order valence-electron chi connectivity index (χ4n) is 3.31. The number of nitrogens with one attached hydrogen (secondary N) is 1. The van der Waals surface area contributed by atoms with Gasteiger partial charge in [0.2, 0.25) is 11.8 Å². The van der Waals surface area contributed by atoms with Crippen molar-refractivity contribution < 1.29 is 9.59 Å². The van der Waals surface area contributed by atoms with Crippen molar-refractivity contribution in [3.63, 3.8) is 0 Å². The summed E-state index contributed by atoms with van der Waals surface area (Å²) >= 11 is 0. The number of aromatic nitrogens is 3. The van der Waals surface area contributed by atoms with Crippen molar-refractivity contribution in [3.8, 4) is 0 Å². The van der Waals surface area contributed by atoms with E-state index in [1.54, 1.807) is 41.4 Å². The zero-order chi connectivity index (χ0) is 18.1. The Balaban J connectivity index is 1.53. The number of piperidine rings is 1. The Bertz CT molecular complexity index is 975. The molecule has 0 radical (unpaired) electrons. The number of fused-ring (bicyclic) bond motifs is 1. The lowest BCUT2D eigenvalue weighted by Gasteiger charge is -2.31. The maximum atomic E-state index is 12.8. The largest absolute Gasteiger partial charge is 0.324 e. The molecule has 1 aliphatic rings. The van der Waals surface area contributed by atoms with E-state index in [2.05, 4.69) is 15.4 Å². The molecule has 7 heteroatoms. The van der Waals surface area contributed by atoms with Crippen LogP contribution < -0.4 is 10.2 Å². The van der Waals surface area contributed by atoms with Gasteiger partial charge in [0, 0.05) is 43.2 Å². The third-order valence-electron chi connectivity index (χ3n) is 4.71. The summed E-state index contributed by atoms with van der Waals surface area (Å²) in [4.78, 5) is 30.9. The molecule has 1 fully saturated rings. The van der Waals surface area contributed by atoms with Crippen molar-refractivity contribution >= 4 is 34.0 Å². The molecular weight excluding hydrogens is 330 g/mol. The average molecular weight is 349 g/mol. The molecule has 26 heavy (non-hydrogen) atoms. The van der Waals surface area contributed by atoms with Gasteiger partial charge in [-0.05, 0) is 6.42 Å². The first-order chi connectivity index (χ1) is 12.6. The highest BCUT2D eigenvalue weighted by molar-refractivity contribution is 6.03. The quantitative estimate of drug-likeness (QED) is 0.787. The molecular formula is C19H19N5O2. The molecule has 3 aromatic rings. The number of nitrogens with zero attached hydrogens (tertiary/aromatic N) is 4. The third kappa shape index (κ3) is 3.03. The highest BCUT2D eigenvalue weighted by Gasteiger charge is 2.31. The number of benzene rings is 1. The second kappa shape index (κ2) is 6.59. The zero-order valence-electron chi connectivity index (χ0n) is 14.4. The molecule has 1 unspecified atom stereocenters. The van der Waals surface area contributed by atoms with Gasteiger partial charge >= 0.3 is 0 Å². The lowest BCUT2D eigenvalue weighted by Crippen LogP contribution is -2.44. The van der Waals surface area contributed by atoms with Crippen molar-refractivity contribution in [2.45, 2.75) is 12.8 Å². The zero-order valence-corrected chi connectivity index (χ0v) is 14.4. The van der Waals surface area contributed by atoms with Crippen molar-refractivity contribution in [1.82, 2.24) is 14.8 Å². The Morgan fingerprint density at radius 2 is 2.08 bits per heavy atom. The van der Waals surface area contributed by atoms with Crippen molar-refractivity contribution in [2.24, 2.45) is 13.0 Å². The van der Waals surface area contributed by atoms with E-state index in [9.17, 15) is 9.59 Å². The van der Waals surface area contributed by atoms with Crippen LogP contribution >= 0.6 is 0 Å². The standard InChI is InChI=1S/C19H19N5O2/c1-23-12-15(9-21-23)24-11-14(6-7-18(24)25)19(26)22-17-10-20-8-13-4-2-3-5-16(13)17/h2-5,8-10,12,14H,6-7,11H2,1H3,(H,22,26). The minimum atomic E-state index is -0.271. The van der Waals surface area contributed by atoms with Crippen LogP contribution in [0.4, 0.5) is 11.4 Å². The minimum absolute atomic E-state index is 0.0221.